The van der Waals surface area contributed by atoms with Crippen molar-refractivity contribution in [3.63, 3.8) is 0 Å². The standard InChI is InChI=1S/C13H12BrClFNO/c1-7-5-11(9(15)6-10(7)16)17-8(2)12-3-4-13(14)18-12/h3-6,8,17H,1-2H3. The van der Waals surface area contributed by atoms with Crippen LogP contribution in [0.25, 0.3) is 0 Å². The molecule has 0 amide bonds. The van der Waals surface area contributed by atoms with Crippen LogP contribution in [0, 0.1) is 12.7 Å². The van der Waals surface area contributed by atoms with Crippen LogP contribution in [-0.4, -0.2) is 0 Å². The summed E-state index contributed by atoms with van der Waals surface area (Å²) in [5, 5.41) is 3.55. The van der Waals surface area contributed by atoms with Gasteiger partial charge in [0.05, 0.1) is 16.8 Å². The lowest BCUT2D eigenvalue weighted by molar-refractivity contribution is 0.471. The van der Waals surface area contributed by atoms with Crippen LogP contribution in [0.2, 0.25) is 5.02 Å². The van der Waals surface area contributed by atoms with Crippen LogP contribution in [0.4, 0.5) is 10.1 Å². The maximum absolute atomic E-state index is 13.3. The molecule has 1 aromatic carbocycles. The fourth-order valence-corrected chi connectivity index (χ4v) is 2.16. The molecule has 1 aromatic heterocycles. The number of hydrogen-bond donors (Lipinski definition) is 1. The maximum Gasteiger partial charge on any atom is 0.169 e. The lowest BCUT2D eigenvalue weighted by atomic mass is 10.2. The fraction of sp³-hybridized carbons (Fsp3) is 0.231. The minimum absolute atomic E-state index is 0.0568. The largest absolute Gasteiger partial charge is 0.452 e. The number of halogens is 3. The molecule has 1 atom stereocenters. The van der Waals surface area contributed by atoms with Crippen molar-refractivity contribution in [2.75, 3.05) is 5.32 Å². The van der Waals surface area contributed by atoms with E-state index < -0.39 is 0 Å². The first-order valence-electron chi connectivity index (χ1n) is 5.45. The highest BCUT2D eigenvalue weighted by atomic mass is 79.9. The van der Waals surface area contributed by atoms with Crippen molar-refractivity contribution in [2.45, 2.75) is 19.9 Å². The lowest BCUT2D eigenvalue weighted by Gasteiger charge is -2.15. The molecule has 2 nitrogen and oxygen atoms in total. The normalized spacial score (nSPS) is 12.5. The highest BCUT2D eigenvalue weighted by molar-refractivity contribution is 9.10. The van der Waals surface area contributed by atoms with Gasteiger partial charge < -0.3 is 9.73 Å². The second kappa shape index (κ2) is 5.33. The molecule has 0 radical (unpaired) electrons. The summed E-state index contributed by atoms with van der Waals surface area (Å²) in [6.45, 7) is 3.64. The van der Waals surface area contributed by atoms with Crippen LogP contribution in [0.15, 0.2) is 33.4 Å². The van der Waals surface area contributed by atoms with Gasteiger partial charge in [-0.15, -0.1) is 0 Å². The third kappa shape index (κ3) is 2.87. The molecule has 0 aliphatic carbocycles. The van der Waals surface area contributed by atoms with E-state index in [4.69, 9.17) is 16.0 Å². The lowest BCUT2D eigenvalue weighted by Crippen LogP contribution is -2.06. The van der Waals surface area contributed by atoms with E-state index in [1.807, 2.05) is 19.1 Å². The number of nitrogens with one attached hydrogen (secondary N) is 1. The van der Waals surface area contributed by atoms with Crippen molar-refractivity contribution in [2.24, 2.45) is 0 Å². The van der Waals surface area contributed by atoms with Crippen molar-refractivity contribution in [1.29, 1.82) is 0 Å². The summed E-state index contributed by atoms with van der Waals surface area (Å²) in [7, 11) is 0. The molecule has 1 heterocycles. The Morgan fingerprint density at radius 2 is 2.11 bits per heavy atom. The van der Waals surface area contributed by atoms with Crippen LogP contribution in [0.5, 0.6) is 0 Å². The highest BCUT2D eigenvalue weighted by Gasteiger charge is 2.12. The fourth-order valence-electron chi connectivity index (χ4n) is 1.63. The predicted octanol–water partition coefficient (Wildman–Crippen LogP) is 5.32. The monoisotopic (exact) mass is 331 g/mol. The van der Waals surface area contributed by atoms with E-state index in [2.05, 4.69) is 21.2 Å². The smallest absolute Gasteiger partial charge is 0.169 e. The minimum Gasteiger partial charge on any atom is -0.452 e. The maximum atomic E-state index is 13.3. The predicted molar refractivity (Wildman–Crippen MR) is 74.6 cm³/mol. The number of benzene rings is 1. The quantitative estimate of drug-likeness (QED) is 0.823. The zero-order chi connectivity index (χ0) is 13.3. The highest BCUT2D eigenvalue weighted by Crippen LogP contribution is 2.29. The zero-order valence-electron chi connectivity index (χ0n) is 9.93. The van der Waals surface area contributed by atoms with Gasteiger partial charge in [0, 0.05) is 0 Å². The van der Waals surface area contributed by atoms with E-state index >= 15 is 0 Å². The van der Waals surface area contributed by atoms with Gasteiger partial charge >= 0.3 is 0 Å². The summed E-state index contributed by atoms with van der Waals surface area (Å²) in [5.41, 5.74) is 1.24. The second-order valence-electron chi connectivity index (χ2n) is 4.09. The van der Waals surface area contributed by atoms with Gasteiger partial charge in [-0.25, -0.2) is 4.39 Å². The Labute approximate surface area is 118 Å². The Morgan fingerprint density at radius 1 is 1.39 bits per heavy atom. The molecule has 0 fully saturated rings. The number of aryl methyl sites for hydroxylation is 1. The van der Waals surface area contributed by atoms with Crippen LogP contribution in [0.3, 0.4) is 0 Å². The van der Waals surface area contributed by atoms with Gasteiger partial charge in [-0.3, -0.25) is 0 Å². The number of rotatable bonds is 3. The molecule has 0 spiro atoms. The van der Waals surface area contributed by atoms with Crippen molar-refractivity contribution >= 4 is 33.2 Å². The molecule has 0 aliphatic rings. The molecule has 2 aromatic rings. The van der Waals surface area contributed by atoms with Crippen molar-refractivity contribution in [3.8, 4) is 0 Å². The van der Waals surface area contributed by atoms with E-state index in [0.717, 1.165) is 5.76 Å². The molecule has 0 aliphatic heterocycles. The minimum atomic E-state index is -0.307. The Kier molecular flexibility index (Phi) is 3.97. The summed E-state index contributed by atoms with van der Waals surface area (Å²) in [5.74, 6) is 0.471. The Bertz CT molecular complexity index is 570. The van der Waals surface area contributed by atoms with Gasteiger partial charge in [0.15, 0.2) is 4.67 Å². The number of furan rings is 1. The third-order valence-electron chi connectivity index (χ3n) is 2.64. The first-order chi connectivity index (χ1) is 8.47. The topological polar surface area (TPSA) is 25.2 Å². The average Bonchev–Trinajstić information content (AvgIpc) is 2.73. The SMILES string of the molecule is Cc1cc(NC(C)c2ccc(Br)o2)c(Cl)cc1F. The van der Waals surface area contributed by atoms with Crippen LogP contribution in [0.1, 0.15) is 24.3 Å². The van der Waals surface area contributed by atoms with E-state index in [0.29, 0.717) is 20.9 Å². The van der Waals surface area contributed by atoms with Crippen molar-refractivity contribution in [1.82, 2.24) is 0 Å². The molecule has 1 N–H and O–H groups in total. The summed E-state index contributed by atoms with van der Waals surface area (Å²) >= 11 is 9.25. The van der Waals surface area contributed by atoms with Gasteiger partial charge in [-0.1, -0.05) is 11.6 Å². The van der Waals surface area contributed by atoms with E-state index in [1.165, 1.54) is 6.07 Å². The van der Waals surface area contributed by atoms with Crippen LogP contribution < -0.4 is 5.32 Å². The molecule has 0 saturated heterocycles. The number of anilines is 1. The Morgan fingerprint density at radius 3 is 2.72 bits per heavy atom. The molecule has 0 saturated carbocycles. The Balaban J connectivity index is 2.21. The molecule has 1 unspecified atom stereocenters. The van der Waals surface area contributed by atoms with Crippen molar-refractivity contribution in [3.05, 3.63) is 51.1 Å². The van der Waals surface area contributed by atoms with Gasteiger partial charge in [0.25, 0.3) is 0 Å². The number of hydrogen-bond acceptors (Lipinski definition) is 2. The van der Waals surface area contributed by atoms with E-state index in [1.54, 1.807) is 13.0 Å². The molecule has 2 rings (SSSR count). The molecular formula is C13H12BrClFNO. The van der Waals surface area contributed by atoms with Crippen LogP contribution >= 0.6 is 27.5 Å². The van der Waals surface area contributed by atoms with E-state index in [9.17, 15) is 4.39 Å². The first kappa shape index (κ1) is 13.4. The van der Waals surface area contributed by atoms with E-state index in [-0.39, 0.29) is 11.9 Å². The molecule has 0 bridgehead atoms. The molecule has 5 heteroatoms. The zero-order valence-corrected chi connectivity index (χ0v) is 12.3. The first-order valence-corrected chi connectivity index (χ1v) is 6.62. The van der Waals surface area contributed by atoms with Gasteiger partial charge in [0.1, 0.15) is 11.6 Å². The Hall–Kier alpha value is -1.00. The molecule has 18 heavy (non-hydrogen) atoms. The summed E-state index contributed by atoms with van der Waals surface area (Å²) in [6.07, 6.45) is 0. The summed E-state index contributed by atoms with van der Waals surface area (Å²) in [6, 6.07) is 6.63. The average molecular weight is 333 g/mol. The van der Waals surface area contributed by atoms with Crippen LogP contribution in [-0.2, 0) is 0 Å². The summed E-state index contributed by atoms with van der Waals surface area (Å²) in [4.78, 5) is 0. The molecular weight excluding hydrogens is 321 g/mol. The third-order valence-corrected chi connectivity index (χ3v) is 3.38. The molecule has 96 valence electrons. The van der Waals surface area contributed by atoms with Gasteiger partial charge in [-0.2, -0.15) is 0 Å². The van der Waals surface area contributed by atoms with Gasteiger partial charge in [-0.05, 0) is 59.6 Å². The second-order valence-corrected chi connectivity index (χ2v) is 5.28. The van der Waals surface area contributed by atoms with Gasteiger partial charge in [0.2, 0.25) is 0 Å². The van der Waals surface area contributed by atoms with Crippen molar-refractivity contribution < 1.29 is 8.81 Å². The summed E-state index contributed by atoms with van der Waals surface area (Å²) < 4.78 is 19.4.